The molecule has 2 aromatic rings. The maximum absolute atomic E-state index is 5.50. The lowest BCUT2D eigenvalue weighted by atomic mass is 9.97. The Balaban J connectivity index is 2.12. The Morgan fingerprint density at radius 1 is 1.10 bits per heavy atom. The van der Waals surface area contributed by atoms with Crippen LogP contribution in [-0.2, 0) is 6.42 Å². The van der Waals surface area contributed by atoms with Crippen LogP contribution in [0.1, 0.15) is 36.1 Å². The largest absolute Gasteiger partial charge is 0.496 e. The summed E-state index contributed by atoms with van der Waals surface area (Å²) in [4.78, 5) is 0. The number of benzene rings is 2. The van der Waals surface area contributed by atoms with Gasteiger partial charge in [0.1, 0.15) is 5.75 Å². The van der Waals surface area contributed by atoms with E-state index in [2.05, 4.69) is 55.6 Å². The number of rotatable bonds is 7. The molecule has 0 bridgehead atoms. The summed E-state index contributed by atoms with van der Waals surface area (Å²) in [7, 11) is 1.74. The van der Waals surface area contributed by atoms with E-state index in [1.165, 1.54) is 16.7 Å². The van der Waals surface area contributed by atoms with Gasteiger partial charge in [0, 0.05) is 11.6 Å². The second-order valence-electron chi connectivity index (χ2n) is 5.38. The molecular formula is C19H25NO. The van der Waals surface area contributed by atoms with Crippen molar-refractivity contribution in [2.45, 2.75) is 32.7 Å². The summed E-state index contributed by atoms with van der Waals surface area (Å²) in [6, 6.07) is 17.4. The van der Waals surface area contributed by atoms with Crippen molar-refractivity contribution in [2.75, 3.05) is 13.7 Å². The van der Waals surface area contributed by atoms with Crippen molar-refractivity contribution in [3.63, 3.8) is 0 Å². The quantitative estimate of drug-likeness (QED) is 0.818. The summed E-state index contributed by atoms with van der Waals surface area (Å²) >= 11 is 0. The Kier molecular flexibility index (Phi) is 5.82. The molecule has 2 rings (SSSR count). The molecule has 0 aliphatic carbocycles. The summed E-state index contributed by atoms with van der Waals surface area (Å²) < 4.78 is 5.50. The monoisotopic (exact) mass is 283 g/mol. The smallest absolute Gasteiger partial charge is 0.123 e. The number of methoxy groups -OCH3 is 1. The molecule has 0 amide bonds. The molecule has 2 nitrogen and oxygen atoms in total. The minimum Gasteiger partial charge on any atom is -0.496 e. The predicted molar refractivity (Wildman–Crippen MR) is 88.9 cm³/mol. The topological polar surface area (TPSA) is 21.3 Å². The Morgan fingerprint density at radius 2 is 1.90 bits per heavy atom. The first-order valence-corrected chi connectivity index (χ1v) is 7.66. The summed E-state index contributed by atoms with van der Waals surface area (Å²) in [6.07, 6.45) is 2.13. The zero-order valence-electron chi connectivity index (χ0n) is 13.2. The highest BCUT2D eigenvalue weighted by Gasteiger charge is 2.14. The third-order valence-corrected chi connectivity index (χ3v) is 3.77. The molecule has 0 radical (unpaired) electrons. The molecule has 2 aromatic carbocycles. The molecule has 0 aromatic heterocycles. The SMILES string of the molecule is CCNC(CCc1cccc(C)c1)c1ccccc1OC. The lowest BCUT2D eigenvalue weighted by Gasteiger charge is -2.21. The first-order valence-electron chi connectivity index (χ1n) is 7.66. The number of hydrogen-bond acceptors (Lipinski definition) is 2. The Bertz CT molecular complexity index is 565. The molecule has 0 saturated carbocycles. The van der Waals surface area contributed by atoms with E-state index < -0.39 is 0 Å². The zero-order chi connectivity index (χ0) is 15.1. The van der Waals surface area contributed by atoms with E-state index in [1.807, 2.05) is 12.1 Å². The van der Waals surface area contributed by atoms with Gasteiger partial charge in [-0.3, -0.25) is 0 Å². The minimum absolute atomic E-state index is 0.326. The lowest BCUT2D eigenvalue weighted by Crippen LogP contribution is -2.22. The van der Waals surface area contributed by atoms with Crippen LogP contribution >= 0.6 is 0 Å². The minimum atomic E-state index is 0.326. The summed E-state index contributed by atoms with van der Waals surface area (Å²) in [5.74, 6) is 0.965. The average Bonchev–Trinajstić information content (AvgIpc) is 2.51. The van der Waals surface area contributed by atoms with Crippen molar-refractivity contribution in [3.8, 4) is 5.75 Å². The Morgan fingerprint density at radius 3 is 2.62 bits per heavy atom. The van der Waals surface area contributed by atoms with Gasteiger partial charge in [0.2, 0.25) is 0 Å². The van der Waals surface area contributed by atoms with Crippen molar-refractivity contribution in [3.05, 3.63) is 65.2 Å². The van der Waals surface area contributed by atoms with Crippen LogP contribution in [0.3, 0.4) is 0 Å². The first-order chi connectivity index (χ1) is 10.2. The molecule has 0 saturated heterocycles. The van der Waals surface area contributed by atoms with Gasteiger partial charge in [-0.05, 0) is 37.9 Å². The summed E-state index contributed by atoms with van der Waals surface area (Å²) in [6.45, 7) is 5.25. The third kappa shape index (κ3) is 4.33. The molecule has 0 heterocycles. The van der Waals surface area contributed by atoms with Gasteiger partial charge in [0.15, 0.2) is 0 Å². The van der Waals surface area contributed by atoms with Gasteiger partial charge in [-0.15, -0.1) is 0 Å². The van der Waals surface area contributed by atoms with E-state index in [4.69, 9.17) is 4.74 Å². The molecule has 1 atom stereocenters. The van der Waals surface area contributed by atoms with Crippen molar-refractivity contribution >= 4 is 0 Å². The van der Waals surface area contributed by atoms with Gasteiger partial charge in [0.05, 0.1) is 7.11 Å². The number of hydrogen-bond donors (Lipinski definition) is 1. The number of ether oxygens (including phenoxy) is 1. The summed E-state index contributed by atoms with van der Waals surface area (Å²) in [5.41, 5.74) is 3.96. The fraction of sp³-hybridized carbons (Fsp3) is 0.368. The summed E-state index contributed by atoms with van der Waals surface area (Å²) in [5, 5.41) is 3.58. The molecule has 0 aliphatic heterocycles. The van der Waals surface area contributed by atoms with E-state index in [0.717, 1.165) is 25.1 Å². The second-order valence-corrected chi connectivity index (χ2v) is 5.38. The van der Waals surface area contributed by atoms with Gasteiger partial charge in [0.25, 0.3) is 0 Å². The normalized spacial score (nSPS) is 12.1. The fourth-order valence-electron chi connectivity index (χ4n) is 2.75. The van der Waals surface area contributed by atoms with Gasteiger partial charge >= 0.3 is 0 Å². The van der Waals surface area contributed by atoms with Crippen LogP contribution in [0.5, 0.6) is 5.75 Å². The standard InChI is InChI=1S/C19H25NO/c1-4-20-18(17-10-5-6-11-19(17)21-3)13-12-16-9-7-8-15(2)14-16/h5-11,14,18,20H,4,12-13H2,1-3H3. The average molecular weight is 283 g/mol. The highest BCUT2D eigenvalue weighted by molar-refractivity contribution is 5.36. The van der Waals surface area contributed by atoms with E-state index in [9.17, 15) is 0 Å². The van der Waals surface area contributed by atoms with Gasteiger partial charge in [-0.1, -0.05) is 55.0 Å². The Labute approximate surface area is 128 Å². The van der Waals surface area contributed by atoms with E-state index in [-0.39, 0.29) is 0 Å². The van der Waals surface area contributed by atoms with Crippen LogP contribution in [0.25, 0.3) is 0 Å². The van der Waals surface area contributed by atoms with Crippen LogP contribution in [-0.4, -0.2) is 13.7 Å². The molecule has 1 N–H and O–H groups in total. The van der Waals surface area contributed by atoms with Gasteiger partial charge < -0.3 is 10.1 Å². The number of para-hydroxylation sites is 1. The molecule has 1 unspecified atom stereocenters. The molecule has 112 valence electrons. The van der Waals surface area contributed by atoms with E-state index in [0.29, 0.717) is 6.04 Å². The predicted octanol–water partition coefficient (Wildman–Crippen LogP) is 4.29. The molecule has 2 heteroatoms. The second kappa shape index (κ2) is 7.84. The molecular weight excluding hydrogens is 258 g/mol. The van der Waals surface area contributed by atoms with Crippen LogP contribution in [0.4, 0.5) is 0 Å². The van der Waals surface area contributed by atoms with Gasteiger partial charge in [-0.25, -0.2) is 0 Å². The molecule has 0 fully saturated rings. The number of nitrogens with one attached hydrogen (secondary N) is 1. The van der Waals surface area contributed by atoms with Crippen LogP contribution < -0.4 is 10.1 Å². The third-order valence-electron chi connectivity index (χ3n) is 3.77. The molecule has 0 spiro atoms. The van der Waals surface area contributed by atoms with E-state index in [1.54, 1.807) is 7.11 Å². The zero-order valence-corrected chi connectivity index (χ0v) is 13.2. The highest BCUT2D eigenvalue weighted by atomic mass is 16.5. The van der Waals surface area contributed by atoms with Crippen LogP contribution in [0, 0.1) is 6.92 Å². The van der Waals surface area contributed by atoms with Crippen molar-refractivity contribution in [2.24, 2.45) is 0 Å². The van der Waals surface area contributed by atoms with Crippen molar-refractivity contribution in [1.82, 2.24) is 5.32 Å². The van der Waals surface area contributed by atoms with Crippen molar-refractivity contribution < 1.29 is 4.74 Å². The van der Waals surface area contributed by atoms with Crippen LogP contribution in [0.2, 0.25) is 0 Å². The van der Waals surface area contributed by atoms with Crippen LogP contribution in [0.15, 0.2) is 48.5 Å². The van der Waals surface area contributed by atoms with Crippen molar-refractivity contribution in [1.29, 1.82) is 0 Å². The highest BCUT2D eigenvalue weighted by Crippen LogP contribution is 2.28. The van der Waals surface area contributed by atoms with Gasteiger partial charge in [-0.2, -0.15) is 0 Å². The van der Waals surface area contributed by atoms with E-state index >= 15 is 0 Å². The Hall–Kier alpha value is -1.80. The molecule has 21 heavy (non-hydrogen) atoms. The number of aryl methyl sites for hydroxylation is 2. The maximum Gasteiger partial charge on any atom is 0.123 e. The fourth-order valence-corrected chi connectivity index (χ4v) is 2.75. The maximum atomic E-state index is 5.50. The molecule has 0 aliphatic rings. The lowest BCUT2D eigenvalue weighted by molar-refractivity contribution is 0.396. The first kappa shape index (κ1) is 15.6.